The Morgan fingerprint density at radius 1 is 1.30 bits per heavy atom. The molecule has 56 valence electrons. The maximum Gasteiger partial charge on any atom is 0.106 e. The molecule has 0 saturated heterocycles. The minimum Gasteiger partial charge on any atom is -0.469 e. The van der Waals surface area contributed by atoms with Crippen LogP contribution in [0.15, 0.2) is 22.8 Å². The van der Waals surface area contributed by atoms with Crippen molar-refractivity contribution < 1.29 is 4.42 Å². The molecular weight excluding hydrogens is 124 g/mol. The molecule has 0 N–H and O–H groups in total. The van der Waals surface area contributed by atoms with E-state index in [4.69, 9.17) is 4.42 Å². The summed E-state index contributed by atoms with van der Waals surface area (Å²) in [6, 6.07) is 3.97. The lowest BCUT2D eigenvalue weighted by Gasteiger charge is -2.11. The van der Waals surface area contributed by atoms with Gasteiger partial charge in [0.15, 0.2) is 0 Å². The second-order valence-corrected chi connectivity index (χ2v) is 3.05. The number of hydrogen-bond donors (Lipinski definition) is 0. The van der Waals surface area contributed by atoms with E-state index in [-0.39, 0.29) is 0 Å². The summed E-state index contributed by atoms with van der Waals surface area (Å²) in [5.74, 6) is 2.29. The lowest BCUT2D eigenvalue weighted by atomic mass is 9.96. The van der Waals surface area contributed by atoms with E-state index in [0.29, 0.717) is 11.8 Å². The molecule has 1 atom stereocenters. The first-order chi connectivity index (χ1) is 4.72. The minimum absolute atomic E-state index is 0.537. The Morgan fingerprint density at radius 2 is 2.00 bits per heavy atom. The molecule has 1 unspecified atom stereocenters. The van der Waals surface area contributed by atoms with Crippen molar-refractivity contribution in [2.45, 2.75) is 26.7 Å². The molecule has 0 spiro atoms. The van der Waals surface area contributed by atoms with Gasteiger partial charge in [-0.1, -0.05) is 20.8 Å². The fourth-order valence-electron chi connectivity index (χ4n) is 0.879. The zero-order valence-corrected chi connectivity index (χ0v) is 6.79. The predicted octanol–water partition coefficient (Wildman–Crippen LogP) is 3.04. The van der Waals surface area contributed by atoms with Crippen LogP contribution in [0.2, 0.25) is 0 Å². The molecule has 1 heterocycles. The van der Waals surface area contributed by atoms with Crippen LogP contribution in [-0.4, -0.2) is 0 Å². The average molecular weight is 138 g/mol. The SMILES string of the molecule is CC(C)C(C)c1ccco1. The molecule has 1 rings (SSSR count). The predicted molar refractivity (Wildman–Crippen MR) is 42.0 cm³/mol. The van der Waals surface area contributed by atoms with E-state index in [9.17, 15) is 0 Å². The highest BCUT2D eigenvalue weighted by atomic mass is 16.3. The summed E-state index contributed by atoms with van der Waals surface area (Å²) in [5, 5.41) is 0. The van der Waals surface area contributed by atoms with Gasteiger partial charge in [0.1, 0.15) is 5.76 Å². The Hall–Kier alpha value is -0.720. The molecular formula is C9H14O. The average Bonchev–Trinajstić information content (AvgIpc) is 2.36. The summed E-state index contributed by atoms with van der Waals surface area (Å²) in [6.45, 7) is 6.59. The van der Waals surface area contributed by atoms with E-state index in [1.165, 1.54) is 0 Å². The minimum atomic E-state index is 0.537. The van der Waals surface area contributed by atoms with Crippen LogP contribution >= 0.6 is 0 Å². The van der Waals surface area contributed by atoms with Crippen LogP contribution in [0.4, 0.5) is 0 Å². The van der Waals surface area contributed by atoms with Crippen molar-refractivity contribution in [3.05, 3.63) is 24.2 Å². The highest BCUT2D eigenvalue weighted by Gasteiger charge is 2.11. The van der Waals surface area contributed by atoms with Crippen molar-refractivity contribution in [2.24, 2.45) is 5.92 Å². The Bertz CT molecular complexity index is 175. The third kappa shape index (κ3) is 1.41. The van der Waals surface area contributed by atoms with Gasteiger partial charge in [-0.3, -0.25) is 0 Å². The molecule has 0 aromatic carbocycles. The molecule has 1 aromatic rings. The van der Waals surface area contributed by atoms with E-state index in [2.05, 4.69) is 20.8 Å². The number of furan rings is 1. The number of hydrogen-bond acceptors (Lipinski definition) is 1. The summed E-state index contributed by atoms with van der Waals surface area (Å²) < 4.78 is 5.26. The largest absolute Gasteiger partial charge is 0.469 e. The van der Waals surface area contributed by atoms with Gasteiger partial charge in [0.05, 0.1) is 6.26 Å². The van der Waals surface area contributed by atoms with Crippen LogP contribution in [0, 0.1) is 5.92 Å². The van der Waals surface area contributed by atoms with Gasteiger partial charge in [0, 0.05) is 5.92 Å². The summed E-state index contributed by atoms with van der Waals surface area (Å²) in [4.78, 5) is 0. The van der Waals surface area contributed by atoms with Gasteiger partial charge < -0.3 is 4.42 Å². The van der Waals surface area contributed by atoms with Gasteiger partial charge >= 0.3 is 0 Å². The first kappa shape index (κ1) is 7.39. The van der Waals surface area contributed by atoms with Crippen molar-refractivity contribution in [3.63, 3.8) is 0 Å². The van der Waals surface area contributed by atoms with Gasteiger partial charge in [-0.05, 0) is 18.1 Å². The second kappa shape index (κ2) is 2.91. The van der Waals surface area contributed by atoms with Gasteiger partial charge in [0.25, 0.3) is 0 Å². The van der Waals surface area contributed by atoms with Crippen LogP contribution in [-0.2, 0) is 0 Å². The Kier molecular flexibility index (Phi) is 2.15. The first-order valence-corrected chi connectivity index (χ1v) is 3.75. The fraction of sp³-hybridized carbons (Fsp3) is 0.556. The third-order valence-corrected chi connectivity index (χ3v) is 1.99. The molecule has 1 aromatic heterocycles. The fourth-order valence-corrected chi connectivity index (χ4v) is 0.879. The number of rotatable bonds is 2. The monoisotopic (exact) mass is 138 g/mol. The Labute approximate surface area is 62.1 Å². The van der Waals surface area contributed by atoms with E-state index in [1.807, 2.05) is 12.1 Å². The van der Waals surface area contributed by atoms with Crippen LogP contribution in [0.3, 0.4) is 0 Å². The molecule has 0 aliphatic heterocycles. The maximum absolute atomic E-state index is 5.26. The quantitative estimate of drug-likeness (QED) is 0.612. The van der Waals surface area contributed by atoms with Crippen molar-refractivity contribution in [3.8, 4) is 0 Å². The lowest BCUT2D eigenvalue weighted by molar-refractivity contribution is 0.414. The molecule has 0 amide bonds. The molecule has 0 saturated carbocycles. The van der Waals surface area contributed by atoms with Crippen molar-refractivity contribution in [2.75, 3.05) is 0 Å². The van der Waals surface area contributed by atoms with Crippen LogP contribution in [0.5, 0.6) is 0 Å². The van der Waals surface area contributed by atoms with E-state index < -0.39 is 0 Å². The van der Waals surface area contributed by atoms with Crippen molar-refractivity contribution >= 4 is 0 Å². The van der Waals surface area contributed by atoms with Gasteiger partial charge in [0.2, 0.25) is 0 Å². The molecule has 0 bridgehead atoms. The summed E-state index contributed by atoms with van der Waals surface area (Å²) in [6.07, 6.45) is 1.73. The highest BCUT2D eigenvalue weighted by molar-refractivity contribution is 5.04. The van der Waals surface area contributed by atoms with E-state index in [1.54, 1.807) is 6.26 Å². The van der Waals surface area contributed by atoms with E-state index >= 15 is 0 Å². The highest BCUT2D eigenvalue weighted by Crippen LogP contribution is 2.23. The van der Waals surface area contributed by atoms with Gasteiger partial charge in [-0.2, -0.15) is 0 Å². The van der Waals surface area contributed by atoms with E-state index in [0.717, 1.165) is 5.76 Å². The molecule has 0 fully saturated rings. The molecule has 1 heteroatoms. The molecule has 0 aliphatic rings. The Balaban J connectivity index is 2.68. The second-order valence-electron chi connectivity index (χ2n) is 3.05. The summed E-state index contributed by atoms with van der Waals surface area (Å²) in [7, 11) is 0. The molecule has 0 radical (unpaired) electrons. The standard InChI is InChI=1S/C9H14O/c1-7(2)8(3)9-5-4-6-10-9/h4-8H,1-3H3. The topological polar surface area (TPSA) is 13.1 Å². The van der Waals surface area contributed by atoms with Crippen molar-refractivity contribution in [1.82, 2.24) is 0 Å². The molecule has 0 aliphatic carbocycles. The zero-order chi connectivity index (χ0) is 7.56. The van der Waals surface area contributed by atoms with Crippen LogP contribution < -0.4 is 0 Å². The maximum atomic E-state index is 5.26. The van der Waals surface area contributed by atoms with Crippen LogP contribution in [0.1, 0.15) is 32.4 Å². The smallest absolute Gasteiger partial charge is 0.106 e. The first-order valence-electron chi connectivity index (χ1n) is 3.75. The normalized spacial score (nSPS) is 14.0. The van der Waals surface area contributed by atoms with Gasteiger partial charge in [-0.25, -0.2) is 0 Å². The van der Waals surface area contributed by atoms with Crippen molar-refractivity contribution in [1.29, 1.82) is 0 Å². The van der Waals surface area contributed by atoms with Crippen LogP contribution in [0.25, 0.3) is 0 Å². The molecule has 1 nitrogen and oxygen atoms in total. The molecule has 10 heavy (non-hydrogen) atoms. The summed E-state index contributed by atoms with van der Waals surface area (Å²) in [5.41, 5.74) is 0. The summed E-state index contributed by atoms with van der Waals surface area (Å²) >= 11 is 0. The van der Waals surface area contributed by atoms with Gasteiger partial charge in [-0.15, -0.1) is 0 Å². The Morgan fingerprint density at radius 3 is 2.40 bits per heavy atom. The third-order valence-electron chi connectivity index (χ3n) is 1.99. The zero-order valence-electron chi connectivity index (χ0n) is 6.79. The lowest BCUT2D eigenvalue weighted by Crippen LogP contribution is -1.99.